The SMILES string of the molecule is CC(C)CCc1cc(-c2[nH]ncc2CN(C)CCN)cc(C(F)(F)F)c1. The van der Waals surface area contributed by atoms with E-state index in [0.29, 0.717) is 48.8 Å². The van der Waals surface area contributed by atoms with Crippen LogP contribution in [0.3, 0.4) is 0 Å². The third kappa shape index (κ3) is 5.57. The van der Waals surface area contributed by atoms with E-state index in [1.54, 1.807) is 6.20 Å². The van der Waals surface area contributed by atoms with Gasteiger partial charge >= 0.3 is 6.18 Å². The zero-order valence-electron chi connectivity index (χ0n) is 15.5. The molecule has 1 aromatic carbocycles. The van der Waals surface area contributed by atoms with Crippen molar-refractivity contribution in [3.05, 3.63) is 41.1 Å². The van der Waals surface area contributed by atoms with E-state index in [1.165, 1.54) is 12.1 Å². The average molecular weight is 368 g/mol. The summed E-state index contributed by atoms with van der Waals surface area (Å²) in [4.78, 5) is 2.02. The van der Waals surface area contributed by atoms with E-state index in [-0.39, 0.29) is 0 Å². The van der Waals surface area contributed by atoms with Crippen molar-refractivity contribution in [2.45, 2.75) is 39.4 Å². The van der Waals surface area contributed by atoms with Gasteiger partial charge in [-0.15, -0.1) is 0 Å². The van der Waals surface area contributed by atoms with E-state index in [4.69, 9.17) is 5.73 Å². The van der Waals surface area contributed by atoms with Crippen LogP contribution in [0.4, 0.5) is 13.2 Å². The number of aromatic nitrogens is 2. The Morgan fingerprint density at radius 1 is 1.23 bits per heavy atom. The van der Waals surface area contributed by atoms with Gasteiger partial charge in [-0.2, -0.15) is 18.3 Å². The number of alkyl halides is 3. The first-order chi connectivity index (χ1) is 12.2. The highest BCUT2D eigenvalue weighted by Crippen LogP contribution is 2.34. The van der Waals surface area contributed by atoms with Gasteiger partial charge in [0.25, 0.3) is 0 Å². The predicted molar refractivity (Wildman–Crippen MR) is 97.6 cm³/mol. The molecule has 4 nitrogen and oxygen atoms in total. The molecule has 26 heavy (non-hydrogen) atoms. The highest BCUT2D eigenvalue weighted by Gasteiger charge is 2.31. The highest BCUT2D eigenvalue weighted by atomic mass is 19.4. The number of nitrogens with zero attached hydrogens (tertiary/aromatic N) is 2. The molecule has 0 aliphatic carbocycles. The lowest BCUT2D eigenvalue weighted by Crippen LogP contribution is -2.25. The number of nitrogens with two attached hydrogens (primary N) is 1. The minimum absolute atomic E-state index is 0.431. The largest absolute Gasteiger partial charge is 0.416 e. The van der Waals surface area contributed by atoms with Crippen molar-refractivity contribution in [3.63, 3.8) is 0 Å². The second-order valence-corrected chi connectivity index (χ2v) is 7.15. The number of aromatic amines is 1. The molecule has 1 heterocycles. The van der Waals surface area contributed by atoms with Crippen LogP contribution in [-0.2, 0) is 19.1 Å². The minimum Gasteiger partial charge on any atom is -0.329 e. The summed E-state index contributed by atoms with van der Waals surface area (Å²) in [5.41, 5.74) is 7.64. The van der Waals surface area contributed by atoms with Crippen LogP contribution in [0.1, 0.15) is 37.0 Å². The molecule has 0 spiro atoms. The minimum atomic E-state index is -4.38. The molecular formula is C19H27F3N4. The molecule has 0 fully saturated rings. The molecule has 0 unspecified atom stereocenters. The fourth-order valence-electron chi connectivity index (χ4n) is 2.87. The summed E-state index contributed by atoms with van der Waals surface area (Å²) in [5, 5.41) is 6.91. The average Bonchev–Trinajstić information content (AvgIpc) is 3.00. The summed E-state index contributed by atoms with van der Waals surface area (Å²) >= 11 is 0. The number of hydrogen-bond acceptors (Lipinski definition) is 3. The van der Waals surface area contributed by atoms with Crippen molar-refractivity contribution in [1.82, 2.24) is 15.1 Å². The van der Waals surface area contributed by atoms with Gasteiger partial charge in [-0.3, -0.25) is 5.10 Å². The number of rotatable bonds is 8. The third-order valence-electron chi connectivity index (χ3n) is 4.29. The van der Waals surface area contributed by atoms with Crippen LogP contribution in [-0.4, -0.2) is 35.2 Å². The van der Waals surface area contributed by atoms with Gasteiger partial charge in [-0.25, -0.2) is 0 Å². The van der Waals surface area contributed by atoms with Gasteiger partial charge in [0.2, 0.25) is 0 Å². The molecule has 0 aliphatic rings. The Balaban J connectivity index is 2.39. The van der Waals surface area contributed by atoms with E-state index >= 15 is 0 Å². The molecule has 2 rings (SSSR count). The topological polar surface area (TPSA) is 57.9 Å². The Morgan fingerprint density at radius 2 is 1.96 bits per heavy atom. The summed E-state index contributed by atoms with van der Waals surface area (Å²) in [6.07, 6.45) is -1.25. The first-order valence-electron chi connectivity index (χ1n) is 8.83. The fraction of sp³-hybridized carbons (Fsp3) is 0.526. The van der Waals surface area contributed by atoms with Crippen molar-refractivity contribution >= 4 is 0 Å². The van der Waals surface area contributed by atoms with E-state index in [9.17, 15) is 13.2 Å². The van der Waals surface area contributed by atoms with Crippen LogP contribution in [0.5, 0.6) is 0 Å². The van der Waals surface area contributed by atoms with Crippen LogP contribution in [0.25, 0.3) is 11.3 Å². The van der Waals surface area contributed by atoms with Crippen LogP contribution < -0.4 is 5.73 Å². The van der Waals surface area contributed by atoms with Crippen molar-refractivity contribution in [1.29, 1.82) is 0 Å². The summed E-state index contributed by atoms with van der Waals surface area (Å²) in [6.45, 7) is 5.92. The number of nitrogens with one attached hydrogen (secondary N) is 1. The highest BCUT2D eigenvalue weighted by molar-refractivity contribution is 5.65. The molecule has 0 saturated heterocycles. The Hall–Kier alpha value is -1.86. The number of likely N-dealkylation sites (N-methyl/N-ethyl adjacent to an activating group) is 1. The van der Waals surface area contributed by atoms with E-state index in [2.05, 4.69) is 24.0 Å². The first-order valence-corrected chi connectivity index (χ1v) is 8.83. The lowest BCUT2D eigenvalue weighted by molar-refractivity contribution is -0.137. The normalized spacial score (nSPS) is 12.3. The second-order valence-electron chi connectivity index (χ2n) is 7.15. The van der Waals surface area contributed by atoms with Gasteiger partial charge in [0.05, 0.1) is 17.5 Å². The molecule has 1 aromatic heterocycles. The summed E-state index contributed by atoms with van der Waals surface area (Å²) in [7, 11) is 1.92. The smallest absolute Gasteiger partial charge is 0.329 e. The fourth-order valence-corrected chi connectivity index (χ4v) is 2.87. The maximum Gasteiger partial charge on any atom is 0.416 e. The summed E-state index contributed by atoms with van der Waals surface area (Å²) < 4.78 is 40.1. The first kappa shape index (κ1) is 20.5. The lowest BCUT2D eigenvalue weighted by atomic mass is 9.96. The maximum atomic E-state index is 13.4. The molecule has 2 aromatic rings. The Morgan fingerprint density at radius 3 is 2.58 bits per heavy atom. The van der Waals surface area contributed by atoms with Gasteiger partial charge in [0.15, 0.2) is 0 Å². The van der Waals surface area contributed by atoms with Crippen LogP contribution >= 0.6 is 0 Å². The molecule has 3 N–H and O–H groups in total. The van der Waals surface area contributed by atoms with E-state index < -0.39 is 11.7 Å². The van der Waals surface area contributed by atoms with Crippen LogP contribution in [0.2, 0.25) is 0 Å². The number of hydrogen-bond donors (Lipinski definition) is 2. The summed E-state index contributed by atoms with van der Waals surface area (Å²) in [6, 6.07) is 4.28. The quantitative estimate of drug-likeness (QED) is 0.738. The standard InChI is InChI=1S/C19H27F3N4/c1-13(2)4-5-14-8-15(10-17(9-14)19(20,21)22)18-16(11-24-25-18)12-26(3)7-6-23/h8-11,13H,4-7,12,23H2,1-3H3,(H,24,25). The molecule has 0 aliphatic heterocycles. The van der Waals surface area contributed by atoms with Crippen molar-refractivity contribution in [2.24, 2.45) is 11.7 Å². The van der Waals surface area contributed by atoms with Gasteiger partial charge in [-0.1, -0.05) is 13.8 Å². The monoisotopic (exact) mass is 368 g/mol. The lowest BCUT2D eigenvalue weighted by Gasteiger charge is -2.16. The Kier molecular flexibility index (Phi) is 6.83. The van der Waals surface area contributed by atoms with Gasteiger partial charge in [0, 0.05) is 30.8 Å². The molecule has 0 bridgehead atoms. The van der Waals surface area contributed by atoms with Crippen molar-refractivity contribution in [2.75, 3.05) is 20.1 Å². The Labute approximate surface area is 152 Å². The molecule has 0 atom stereocenters. The molecule has 7 heteroatoms. The van der Waals surface area contributed by atoms with Crippen molar-refractivity contribution < 1.29 is 13.2 Å². The second kappa shape index (κ2) is 8.68. The zero-order chi connectivity index (χ0) is 19.3. The van der Waals surface area contributed by atoms with Gasteiger partial charge in [-0.05, 0) is 49.6 Å². The third-order valence-corrected chi connectivity index (χ3v) is 4.29. The maximum absolute atomic E-state index is 13.4. The van der Waals surface area contributed by atoms with Crippen LogP contribution in [0, 0.1) is 5.92 Å². The van der Waals surface area contributed by atoms with Gasteiger partial charge < -0.3 is 10.6 Å². The number of aryl methyl sites for hydroxylation is 1. The summed E-state index contributed by atoms with van der Waals surface area (Å²) in [5.74, 6) is 0.431. The predicted octanol–water partition coefficient (Wildman–Crippen LogP) is 4.07. The van der Waals surface area contributed by atoms with E-state index in [0.717, 1.165) is 12.0 Å². The number of benzene rings is 1. The molecule has 0 saturated carbocycles. The van der Waals surface area contributed by atoms with Crippen LogP contribution in [0.15, 0.2) is 24.4 Å². The molecule has 0 radical (unpaired) electrons. The number of H-pyrrole nitrogens is 1. The Bertz CT molecular complexity index is 707. The van der Waals surface area contributed by atoms with Gasteiger partial charge in [0.1, 0.15) is 0 Å². The molecule has 0 amide bonds. The zero-order valence-corrected chi connectivity index (χ0v) is 15.5. The number of halogens is 3. The molecule has 144 valence electrons. The van der Waals surface area contributed by atoms with E-state index in [1.807, 2.05) is 18.0 Å². The molecular weight excluding hydrogens is 341 g/mol. The van der Waals surface area contributed by atoms with Crippen molar-refractivity contribution in [3.8, 4) is 11.3 Å².